The van der Waals surface area contributed by atoms with E-state index in [0.717, 1.165) is 17.1 Å². The summed E-state index contributed by atoms with van der Waals surface area (Å²) in [4.78, 5) is 0. The Balaban J connectivity index is 2.13. The first kappa shape index (κ1) is 14.9. The summed E-state index contributed by atoms with van der Waals surface area (Å²) in [7, 11) is 1.67. The van der Waals surface area contributed by atoms with Crippen molar-refractivity contribution in [2.45, 2.75) is 45.7 Å². The molecule has 1 aromatic rings. The van der Waals surface area contributed by atoms with Crippen molar-refractivity contribution in [2.24, 2.45) is 0 Å². The molecule has 0 saturated heterocycles. The van der Waals surface area contributed by atoms with Crippen LogP contribution >= 0.6 is 0 Å². The standard InChI is InChI=1S/C17H25NO2/c1-12-7-8-14(15(9-12)19-6)20-11-13-10-16(2,3)18-17(13,4)5/h7-10,18H,11H2,1-6H3. The Morgan fingerprint density at radius 2 is 1.80 bits per heavy atom. The smallest absolute Gasteiger partial charge is 0.161 e. The highest BCUT2D eigenvalue weighted by molar-refractivity contribution is 5.43. The number of nitrogens with one attached hydrogen (secondary N) is 1. The van der Waals surface area contributed by atoms with Crippen LogP contribution in [0.25, 0.3) is 0 Å². The van der Waals surface area contributed by atoms with Gasteiger partial charge in [-0.05, 0) is 57.9 Å². The first-order valence-corrected chi connectivity index (χ1v) is 7.02. The third-order valence-electron chi connectivity index (χ3n) is 3.67. The normalized spacial score (nSPS) is 19.6. The summed E-state index contributed by atoms with van der Waals surface area (Å²) in [5.74, 6) is 1.58. The zero-order valence-electron chi connectivity index (χ0n) is 13.3. The SMILES string of the molecule is COc1cc(C)ccc1OCC1=CC(C)(C)NC1(C)C. The maximum atomic E-state index is 5.96. The number of hydrogen-bond acceptors (Lipinski definition) is 3. The highest BCUT2D eigenvalue weighted by Crippen LogP contribution is 2.32. The monoisotopic (exact) mass is 275 g/mol. The minimum absolute atomic E-state index is 0.0134. The molecule has 1 heterocycles. The Morgan fingerprint density at radius 1 is 1.10 bits per heavy atom. The third-order valence-corrected chi connectivity index (χ3v) is 3.67. The second-order valence-corrected chi connectivity index (χ2v) is 6.58. The minimum atomic E-state index is -0.0402. The van der Waals surface area contributed by atoms with Crippen molar-refractivity contribution < 1.29 is 9.47 Å². The molecule has 0 aromatic heterocycles. The molecule has 1 aliphatic heterocycles. The van der Waals surface area contributed by atoms with E-state index in [2.05, 4.69) is 39.1 Å². The van der Waals surface area contributed by atoms with Gasteiger partial charge in [0.1, 0.15) is 6.61 Å². The van der Waals surface area contributed by atoms with Crippen LogP contribution in [0.4, 0.5) is 0 Å². The highest BCUT2D eigenvalue weighted by Gasteiger charge is 2.36. The zero-order valence-corrected chi connectivity index (χ0v) is 13.3. The molecule has 3 nitrogen and oxygen atoms in total. The van der Waals surface area contributed by atoms with Crippen LogP contribution in [0.15, 0.2) is 29.8 Å². The second kappa shape index (κ2) is 5.13. The van der Waals surface area contributed by atoms with Crippen molar-refractivity contribution in [3.05, 3.63) is 35.4 Å². The van der Waals surface area contributed by atoms with E-state index in [1.165, 1.54) is 5.57 Å². The fourth-order valence-electron chi connectivity index (χ4n) is 2.81. The molecule has 110 valence electrons. The number of ether oxygens (including phenoxy) is 2. The van der Waals surface area contributed by atoms with Crippen LogP contribution in [0.1, 0.15) is 33.3 Å². The number of hydrogen-bond donors (Lipinski definition) is 1. The largest absolute Gasteiger partial charge is 0.493 e. The van der Waals surface area contributed by atoms with Crippen LogP contribution in [-0.2, 0) is 0 Å². The summed E-state index contributed by atoms with van der Waals surface area (Å²) in [5, 5.41) is 3.59. The summed E-state index contributed by atoms with van der Waals surface area (Å²) in [5.41, 5.74) is 2.41. The van der Waals surface area contributed by atoms with Gasteiger partial charge in [-0.3, -0.25) is 5.32 Å². The van der Waals surface area contributed by atoms with E-state index in [1.54, 1.807) is 7.11 Å². The summed E-state index contributed by atoms with van der Waals surface area (Å²) < 4.78 is 11.3. The molecule has 0 saturated carbocycles. The van der Waals surface area contributed by atoms with Crippen LogP contribution < -0.4 is 14.8 Å². The molecule has 1 aromatic carbocycles. The lowest BCUT2D eigenvalue weighted by Gasteiger charge is -2.28. The molecule has 0 aliphatic carbocycles. The third kappa shape index (κ3) is 3.15. The maximum Gasteiger partial charge on any atom is 0.161 e. The van der Waals surface area contributed by atoms with Crippen LogP contribution in [-0.4, -0.2) is 24.8 Å². The van der Waals surface area contributed by atoms with Gasteiger partial charge in [0.2, 0.25) is 0 Å². The fraction of sp³-hybridized carbons (Fsp3) is 0.529. The minimum Gasteiger partial charge on any atom is -0.493 e. The molecule has 1 N–H and O–H groups in total. The summed E-state index contributed by atoms with van der Waals surface area (Å²) in [6, 6.07) is 6.00. The van der Waals surface area contributed by atoms with Crippen molar-refractivity contribution in [1.29, 1.82) is 0 Å². The molecule has 0 atom stereocenters. The molecule has 3 heteroatoms. The molecule has 1 aliphatic rings. The van der Waals surface area contributed by atoms with Crippen LogP contribution in [0.3, 0.4) is 0 Å². The van der Waals surface area contributed by atoms with Gasteiger partial charge in [0.25, 0.3) is 0 Å². The van der Waals surface area contributed by atoms with Gasteiger partial charge in [0, 0.05) is 11.1 Å². The lowest BCUT2D eigenvalue weighted by atomic mass is 9.98. The number of aryl methyl sites for hydroxylation is 1. The van der Waals surface area contributed by atoms with E-state index in [1.807, 2.05) is 25.1 Å². The Bertz CT molecular complexity index is 530. The molecule has 0 spiro atoms. The Morgan fingerprint density at radius 3 is 2.35 bits per heavy atom. The molecular formula is C17H25NO2. The van der Waals surface area contributed by atoms with Crippen LogP contribution in [0.2, 0.25) is 0 Å². The van der Waals surface area contributed by atoms with Gasteiger partial charge in [-0.1, -0.05) is 12.1 Å². The van der Waals surface area contributed by atoms with Gasteiger partial charge in [-0.25, -0.2) is 0 Å². The van der Waals surface area contributed by atoms with E-state index in [4.69, 9.17) is 9.47 Å². The van der Waals surface area contributed by atoms with Gasteiger partial charge in [-0.2, -0.15) is 0 Å². The van der Waals surface area contributed by atoms with Gasteiger partial charge in [0.15, 0.2) is 11.5 Å². The Kier molecular flexibility index (Phi) is 3.83. The van der Waals surface area contributed by atoms with Crippen molar-refractivity contribution in [1.82, 2.24) is 5.32 Å². The number of benzene rings is 1. The average Bonchev–Trinajstić information content (AvgIpc) is 2.55. The number of methoxy groups -OCH3 is 1. The fourth-order valence-corrected chi connectivity index (χ4v) is 2.81. The van der Waals surface area contributed by atoms with Crippen LogP contribution in [0, 0.1) is 6.92 Å². The van der Waals surface area contributed by atoms with E-state index in [9.17, 15) is 0 Å². The van der Waals surface area contributed by atoms with E-state index < -0.39 is 0 Å². The predicted molar refractivity (Wildman–Crippen MR) is 82.6 cm³/mol. The number of rotatable bonds is 4. The first-order valence-electron chi connectivity index (χ1n) is 7.02. The summed E-state index contributed by atoms with van der Waals surface area (Å²) in [6.07, 6.45) is 2.26. The molecule has 0 bridgehead atoms. The maximum absolute atomic E-state index is 5.96. The lowest BCUT2D eigenvalue weighted by Crippen LogP contribution is -2.46. The zero-order chi connectivity index (χ0) is 15.0. The predicted octanol–water partition coefficient (Wildman–Crippen LogP) is 3.47. The van der Waals surface area contributed by atoms with Crippen molar-refractivity contribution in [2.75, 3.05) is 13.7 Å². The second-order valence-electron chi connectivity index (χ2n) is 6.58. The highest BCUT2D eigenvalue weighted by atomic mass is 16.5. The lowest BCUT2D eigenvalue weighted by molar-refractivity contribution is 0.297. The summed E-state index contributed by atoms with van der Waals surface area (Å²) in [6.45, 7) is 11.3. The van der Waals surface area contributed by atoms with E-state index in [0.29, 0.717) is 6.61 Å². The van der Waals surface area contributed by atoms with Gasteiger partial charge in [-0.15, -0.1) is 0 Å². The molecular weight excluding hydrogens is 250 g/mol. The summed E-state index contributed by atoms with van der Waals surface area (Å²) >= 11 is 0. The van der Waals surface area contributed by atoms with E-state index in [-0.39, 0.29) is 11.1 Å². The van der Waals surface area contributed by atoms with Crippen molar-refractivity contribution in [3.63, 3.8) is 0 Å². The Labute approximate surface area is 122 Å². The molecule has 2 rings (SSSR count). The van der Waals surface area contributed by atoms with Crippen molar-refractivity contribution in [3.8, 4) is 11.5 Å². The molecule has 0 amide bonds. The average molecular weight is 275 g/mol. The van der Waals surface area contributed by atoms with Gasteiger partial charge >= 0.3 is 0 Å². The molecule has 0 unspecified atom stereocenters. The van der Waals surface area contributed by atoms with Gasteiger partial charge < -0.3 is 9.47 Å². The van der Waals surface area contributed by atoms with E-state index >= 15 is 0 Å². The molecule has 20 heavy (non-hydrogen) atoms. The van der Waals surface area contributed by atoms with Crippen molar-refractivity contribution >= 4 is 0 Å². The quantitative estimate of drug-likeness (QED) is 0.854. The first-order chi connectivity index (χ1) is 9.23. The van der Waals surface area contributed by atoms with Crippen LogP contribution in [0.5, 0.6) is 11.5 Å². The Hall–Kier alpha value is -1.48. The topological polar surface area (TPSA) is 30.5 Å². The van der Waals surface area contributed by atoms with Gasteiger partial charge in [0.05, 0.1) is 7.11 Å². The molecule has 0 fully saturated rings. The molecule has 0 radical (unpaired) electrons.